The molecule has 0 radical (unpaired) electrons. The summed E-state index contributed by atoms with van der Waals surface area (Å²) in [5.41, 5.74) is 7.41. The van der Waals surface area contributed by atoms with Gasteiger partial charge in [0.15, 0.2) is 0 Å². The zero-order valence-electron chi connectivity index (χ0n) is 8.81. The molecule has 0 spiro atoms. The summed E-state index contributed by atoms with van der Waals surface area (Å²) < 4.78 is 5.71. The van der Waals surface area contributed by atoms with E-state index < -0.39 is 0 Å². The lowest BCUT2D eigenvalue weighted by Gasteiger charge is -2.15. The Labute approximate surface area is 81.1 Å². The molecule has 0 aliphatic heterocycles. The van der Waals surface area contributed by atoms with E-state index in [0.29, 0.717) is 0 Å². The largest absolute Gasteiger partial charge is 0.496 e. The van der Waals surface area contributed by atoms with Gasteiger partial charge < -0.3 is 10.5 Å². The first kappa shape index (κ1) is 10.6. The fourth-order valence-electron chi connectivity index (χ4n) is 1.29. The molecule has 0 saturated heterocycles. The second-order valence-electron chi connectivity index (χ2n) is 3.68. The van der Waals surface area contributed by atoms with E-state index in [2.05, 4.69) is 13.8 Å². The summed E-state index contributed by atoms with van der Waals surface area (Å²) >= 11 is 0. The van der Waals surface area contributed by atoms with Crippen LogP contribution in [0.1, 0.15) is 46.0 Å². The molecule has 2 heteroatoms. The Kier molecular flexibility index (Phi) is 4.29. The summed E-state index contributed by atoms with van der Waals surface area (Å²) in [5.74, 6) is 1.09. The van der Waals surface area contributed by atoms with Gasteiger partial charge in [-0.05, 0) is 31.3 Å². The van der Waals surface area contributed by atoms with Crippen molar-refractivity contribution in [2.24, 2.45) is 5.73 Å². The second kappa shape index (κ2) is 5.28. The van der Waals surface area contributed by atoms with E-state index in [1.165, 1.54) is 24.8 Å². The van der Waals surface area contributed by atoms with Gasteiger partial charge in [-0.2, -0.15) is 0 Å². The van der Waals surface area contributed by atoms with Crippen LogP contribution in [0.25, 0.3) is 0 Å². The zero-order chi connectivity index (χ0) is 9.68. The molecule has 0 aromatic heterocycles. The minimum atomic E-state index is 0.134. The number of hydrogen-bond donors (Lipinski definition) is 1. The normalized spacial score (nSPS) is 17.0. The zero-order valence-corrected chi connectivity index (χ0v) is 8.81. The third kappa shape index (κ3) is 3.39. The summed E-state index contributed by atoms with van der Waals surface area (Å²) in [6.07, 6.45) is 5.70. The highest BCUT2D eigenvalue weighted by Gasteiger charge is 2.22. The number of hydrogen-bond acceptors (Lipinski definition) is 2. The van der Waals surface area contributed by atoms with Gasteiger partial charge in [0.2, 0.25) is 0 Å². The quantitative estimate of drug-likeness (QED) is 0.507. The van der Waals surface area contributed by atoms with E-state index in [9.17, 15) is 0 Å². The molecule has 76 valence electrons. The van der Waals surface area contributed by atoms with E-state index in [0.717, 1.165) is 25.2 Å². The molecule has 1 aliphatic rings. The van der Waals surface area contributed by atoms with Gasteiger partial charge in [-0.15, -0.1) is 0 Å². The lowest BCUT2D eigenvalue weighted by molar-refractivity contribution is 0.186. The first-order chi connectivity index (χ1) is 6.29. The molecular formula is C11H21NO. The Hall–Kier alpha value is -0.500. The maximum absolute atomic E-state index is 5.96. The van der Waals surface area contributed by atoms with Gasteiger partial charge in [0.1, 0.15) is 5.76 Å². The van der Waals surface area contributed by atoms with Crippen molar-refractivity contribution >= 4 is 0 Å². The third-order valence-corrected chi connectivity index (χ3v) is 2.38. The minimum Gasteiger partial charge on any atom is -0.496 e. The van der Waals surface area contributed by atoms with E-state index in [1.54, 1.807) is 0 Å². The molecule has 0 heterocycles. The third-order valence-electron chi connectivity index (χ3n) is 2.38. The van der Waals surface area contributed by atoms with Crippen LogP contribution in [0.2, 0.25) is 0 Å². The first-order valence-electron chi connectivity index (χ1n) is 5.39. The standard InChI is InChI=1S/C11H21NO/c1-3-5-8-13-11(9-6-7-9)10(12)4-2/h10H,3-8,12H2,1-2H3. The van der Waals surface area contributed by atoms with Crippen LogP contribution in [0.15, 0.2) is 11.3 Å². The van der Waals surface area contributed by atoms with Crippen molar-refractivity contribution in [1.29, 1.82) is 0 Å². The van der Waals surface area contributed by atoms with Crippen LogP contribution in [0.3, 0.4) is 0 Å². The molecular weight excluding hydrogens is 162 g/mol. The average Bonchev–Trinajstić information content (AvgIpc) is 2.95. The molecule has 1 unspecified atom stereocenters. The molecule has 2 nitrogen and oxygen atoms in total. The van der Waals surface area contributed by atoms with Crippen molar-refractivity contribution in [3.63, 3.8) is 0 Å². The molecule has 0 aromatic rings. The van der Waals surface area contributed by atoms with Crippen LogP contribution >= 0.6 is 0 Å². The van der Waals surface area contributed by atoms with E-state index in [4.69, 9.17) is 10.5 Å². The number of ether oxygens (including phenoxy) is 1. The Morgan fingerprint density at radius 1 is 1.46 bits per heavy atom. The van der Waals surface area contributed by atoms with Crippen molar-refractivity contribution in [3.8, 4) is 0 Å². The van der Waals surface area contributed by atoms with Crippen molar-refractivity contribution in [2.45, 2.75) is 52.0 Å². The highest BCUT2D eigenvalue weighted by molar-refractivity contribution is 5.24. The fourth-order valence-corrected chi connectivity index (χ4v) is 1.29. The predicted molar refractivity (Wildman–Crippen MR) is 55.4 cm³/mol. The molecule has 1 aliphatic carbocycles. The molecule has 2 N–H and O–H groups in total. The Balaban J connectivity index is 2.36. The SMILES string of the molecule is CCCCOC(=C1CC1)C(N)CC. The monoisotopic (exact) mass is 183 g/mol. The predicted octanol–water partition coefficient (Wildman–Crippen LogP) is 2.59. The number of nitrogens with two attached hydrogens (primary N) is 1. The first-order valence-corrected chi connectivity index (χ1v) is 5.39. The molecule has 1 atom stereocenters. The lowest BCUT2D eigenvalue weighted by atomic mass is 10.2. The second-order valence-corrected chi connectivity index (χ2v) is 3.68. The Morgan fingerprint density at radius 3 is 2.62 bits per heavy atom. The summed E-state index contributed by atoms with van der Waals surface area (Å²) in [5, 5.41) is 0. The van der Waals surface area contributed by atoms with E-state index >= 15 is 0 Å². The minimum absolute atomic E-state index is 0.134. The lowest BCUT2D eigenvalue weighted by Crippen LogP contribution is -2.23. The van der Waals surface area contributed by atoms with Crippen LogP contribution < -0.4 is 5.73 Å². The topological polar surface area (TPSA) is 35.2 Å². The van der Waals surface area contributed by atoms with Gasteiger partial charge in [0.25, 0.3) is 0 Å². The fraction of sp³-hybridized carbons (Fsp3) is 0.818. The van der Waals surface area contributed by atoms with Gasteiger partial charge in [-0.3, -0.25) is 0 Å². The Morgan fingerprint density at radius 2 is 2.15 bits per heavy atom. The molecule has 0 amide bonds. The highest BCUT2D eigenvalue weighted by Crippen LogP contribution is 2.33. The van der Waals surface area contributed by atoms with Crippen LogP contribution in [-0.2, 0) is 4.74 Å². The van der Waals surface area contributed by atoms with Gasteiger partial charge in [0, 0.05) is 0 Å². The highest BCUT2D eigenvalue weighted by atomic mass is 16.5. The van der Waals surface area contributed by atoms with Crippen LogP contribution in [0.5, 0.6) is 0 Å². The van der Waals surface area contributed by atoms with Crippen molar-refractivity contribution in [2.75, 3.05) is 6.61 Å². The van der Waals surface area contributed by atoms with Gasteiger partial charge in [-0.1, -0.05) is 20.3 Å². The van der Waals surface area contributed by atoms with Crippen LogP contribution in [0, 0.1) is 0 Å². The van der Waals surface area contributed by atoms with Gasteiger partial charge in [0.05, 0.1) is 12.6 Å². The maximum atomic E-state index is 5.96. The maximum Gasteiger partial charge on any atom is 0.112 e. The van der Waals surface area contributed by atoms with Crippen LogP contribution in [-0.4, -0.2) is 12.6 Å². The summed E-state index contributed by atoms with van der Waals surface area (Å²) in [6, 6.07) is 0.134. The van der Waals surface area contributed by atoms with E-state index in [1.807, 2.05) is 0 Å². The molecule has 1 fully saturated rings. The number of unbranched alkanes of at least 4 members (excludes halogenated alkanes) is 1. The van der Waals surface area contributed by atoms with Crippen molar-refractivity contribution in [3.05, 3.63) is 11.3 Å². The number of allylic oxidation sites excluding steroid dienone is 1. The van der Waals surface area contributed by atoms with Crippen molar-refractivity contribution in [1.82, 2.24) is 0 Å². The number of rotatable bonds is 6. The summed E-state index contributed by atoms with van der Waals surface area (Å²) in [7, 11) is 0. The average molecular weight is 183 g/mol. The van der Waals surface area contributed by atoms with Gasteiger partial charge >= 0.3 is 0 Å². The smallest absolute Gasteiger partial charge is 0.112 e. The molecule has 1 rings (SSSR count). The molecule has 13 heavy (non-hydrogen) atoms. The van der Waals surface area contributed by atoms with E-state index in [-0.39, 0.29) is 6.04 Å². The summed E-state index contributed by atoms with van der Waals surface area (Å²) in [4.78, 5) is 0. The van der Waals surface area contributed by atoms with Gasteiger partial charge in [-0.25, -0.2) is 0 Å². The Bertz CT molecular complexity index is 181. The van der Waals surface area contributed by atoms with Crippen molar-refractivity contribution < 1.29 is 4.74 Å². The van der Waals surface area contributed by atoms with Crippen LogP contribution in [0.4, 0.5) is 0 Å². The molecule has 1 saturated carbocycles. The molecule has 0 bridgehead atoms. The summed E-state index contributed by atoms with van der Waals surface area (Å²) in [6.45, 7) is 5.12. The molecule has 0 aromatic carbocycles.